The Bertz CT molecular complexity index is 605. The quantitative estimate of drug-likeness (QED) is 0.906. The monoisotopic (exact) mass is 273 g/mol. The maximum atomic E-state index is 12.3. The number of amides is 1. The molecule has 2 aliphatic rings. The lowest BCUT2D eigenvalue weighted by atomic mass is 10.0. The van der Waals surface area contributed by atoms with Crippen molar-refractivity contribution in [3.8, 4) is 0 Å². The summed E-state index contributed by atoms with van der Waals surface area (Å²) in [4.78, 5) is 19.1. The summed E-state index contributed by atoms with van der Waals surface area (Å²) in [7, 11) is 0. The van der Waals surface area contributed by atoms with Crippen LogP contribution in [-0.2, 0) is 0 Å². The summed E-state index contributed by atoms with van der Waals surface area (Å²) in [6.45, 7) is 3.34. The Morgan fingerprint density at radius 3 is 3.00 bits per heavy atom. The number of carbonyl (C=O) groups is 1. The first-order valence-corrected chi connectivity index (χ1v) is 7.50. The van der Waals surface area contributed by atoms with E-state index < -0.39 is 0 Å². The molecule has 2 saturated heterocycles. The van der Waals surface area contributed by atoms with Crippen LogP contribution in [0.15, 0.2) is 24.3 Å². The van der Waals surface area contributed by atoms with Crippen molar-refractivity contribution in [2.24, 2.45) is 5.92 Å². The van der Waals surface area contributed by atoms with E-state index in [-0.39, 0.29) is 5.91 Å². The van der Waals surface area contributed by atoms with Crippen LogP contribution in [0.25, 0.3) is 10.2 Å². The van der Waals surface area contributed by atoms with Crippen LogP contribution in [0.2, 0.25) is 0 Å². The second-order valence-corrected chi connectivity index (χ2v) is 6.41. The van der Waals surface area contributed by atoms with Crippen molar-refractivity contribution in [3.63, 3.8) is 0 Å². The first-order chi connectivity index (χ1) is 9.29. The van der Waals surface area contributed by atoms with Crippen LogP contribution in [0.4, 0.5) is 0 Å². The normalized spacial score (nSPS) is 28.9. The van der Waals surface area contributed by atoms with Gasteiger partial charge in [0.2, 0.25) is 0 Å². The third-order valence-corrected chi connectivity index (χ3v) is 5.17. The Labute approximate surface area is 115 Å². The van der Waals surface area contributed by atoms with E-state index in [1.807, 2.05) is 24.3 Å². The van der Waals surface area contributed by atoms with E-state index in [0.29, 0.717) is 17.0 Å². The maximum absolute atomic E-state index is 12.3. The summed E-state index contributed by atoms with van der Waals surface area (Å²) in [6, 6.07) is 8.20. The Kier molecular flexibility index (Phi) is 2.56. The van der Waals surface area contributed by atoms with Crippen LogP contribution >= 0.6 is 11.3 Å². The fourth-order valence-corrected chi connectivity index (χ4v) is 4.02. The molecule has 3 unspecified atom stereocenters. The highest BCUT2D eigenvalue weighted by atomic mass is 32.1. The number of piperidine rings is 1. The minimum atomic E-state index is -0.0139. The molecule has 1 N–H and O–H groups in total. The van der Waals surface area contributed by atoms with Gasteiger partial charge >= 0.3 is 0 Å². The van der Waals surface area contributed by atoms with E-state index in [1.54, 1.807) is 0 Å². The van der Waals surface area contributed by atoms with Gasteiger partial charge in [-0.2, -0.15) is 0 Å². The number of hydrogen-bond acceptors (Lipinski definition) is 4. The SMILES string of the molecule is O=C(NC1CN2CCC1C2)c1nc2ccccc2s1. The molecule has 19 heavy (non-hydrogen) atoms. The fraction of sp³-hybridized carbons (Fsp3) is 0.429. The summed E-state index contributed by atoms with van der Waals surface area (Å²) in [6.07, 6.45) is 1.21. The molecule has 2 bridgehead atoms. The lowest BCUT2D eigenvalue weighted by Gasteiger charge is -2.22. The van der Waals surface area contributed by atoms with Gasteiger partial charge in [0.15, 0.2) is 5.01 Å². The zero-order valence-electron chi connectivity index (χ0n) is 10.5. The van der Waals surface area contributed by atoms with Crippen LogP contribution < -0.4 is 5.32 Å². The molecule has 3 heterocycles. The van der Waals surface area contributed by atoms with Gasteiger partial charge in [-0.1, -0.05) is 12.1 Å². The zero-order valence-corrected chi connectivity index (χ0v) is 11.3. The number of fused-ring (bicyclic) bond motifs is 3. The van der Waals surface area contributed by atoms with Gasteiger partial charge in [0.25, 0.3) is 5.91 Å². The van der Waals surface area contributed by atoms with E-state index >= 15 is 0 Å². The molecule has 0 saturated carbocycles. The van der Waals surface area contributed by atoms with Gasteiger partial charge in [-0.3, -0.25) is 4.79 Å². The number of thiazole rings is 1. The molecule has 2 fully saturated rings. The van der Waals surface area contributed by atoms with Crippen molar-refractivity contribution in [2.75, 3.05) is 19.6 Å². The van der Waals surface area contributed by atoms with Crippen LogP contribution in [0.3, 0.4) is 0 Å². The molecule has 0 radical (unpaired) electrons. The first-order valence-electron chi connectivity index (χ1n) is 6.68. The summed E-state index contributed by atoms with van der Waals surface area (Å²) >= 11 is 1.47. The topological polar surface area (TPSA) is 45.2 Å². The van der Waals surface area contributed by atoms with Crippen molar-refractivity contribution in [1.29, 1.82) is 0 Å². The average molecular weight is 273 g/mol. The summed E-state index contributed by atoms with van der Waals surface area (Å²) in [5.41, 5.74) is 0.911. The molecule has 98 valence electrons. The van der Waals surface area contributed by atoms with Crippen molar-refractivity contribution in [1.82, 2.24) is 15.2 Å². The second kappa shape index (κ2) is 4.28. The van der Waals surface area contributed by atoms with Crippen molar-refractivity contribution < 1.29 is 4.79 Å². The predicted octanol–water partition coefficient (Wildman–Crippen LogP) is 1.73. The van der Waals surface area contributed by atoms with Gasteiger partial charge < -0.3 is 10.2 Å². The third-order valence-electron chi connectivity index (χ3n) is 4.14. The number of nitrogens with one attached hydrogen (secondary N) is 1. The first kappa shape index (κ1) is 11.4. The van der Waals surface area contributed by atoms with E-state index in [2.05, 4.69) is 15.2 Å². The van der Waals surface area contributed by atoms with E-state index in [0.717, 1.165) is 23.3 Å². The van der Waals surface area contributed by atoms with Crippen LogP contribution in [-0.4, -0.2) is 41.5 Å². The highest BCUT2D eigenvalue weighted by Gasteiger charge is 2.38. The number of aromatic nitrogens is 1. The van der Waals surface area contributed by atoms with Crippen LogP contribution in [0.1, 0.15) is 16.2 Å². The molecule has 4 rings (SSSR count). The molecular weight excluding hydrogens is 258 g/mol. The number of carbonyl (C=O) groups excluding carboxylic acids is 1. The number of nitrogens with zero attached hydrogens (tertiary/aromatic N) is 2. The highest BCUT2D eigenvalue weighted by molar-refractivity contribution is 7.20. The van der Waals surface area contributed by atoms with E-state index in [9.17, 15) is 4.79 Å². The van der Waals surface area contributed by atoms with E-state index in [1.165, 1.54) is 24.3 Å². The van der Waals surface area contributed by atoms with Crippen molar-refractivity contribution in [2.45, 2.75) is 12.5 Å². The van der Waals surface area contributed by atoms with Gasteiger partial charge in [0.05, 0.1) is 10.2 Å². The molecule has 0 aliphatic carbocycles. The molecule has 2 aliphatic heterocycles. The third kappa shape index (κ3) is 1.93. The van der Waals surface area contributed by atoms with Gasteiger partial charge in [-0.15, -0.1) is 11.3 Å². The fourth-order valence-electron chi connectivity index (χ4n) is 3.15. The lowest BCUT2D eigenvalue weighted by Crippen LogP contribution is -2.43. The van der Waals surface area contributed by atoms with Gasteiger partial charge in [0, 0.05) is 19.1 Å². The molecule has 1 aromatic heterocycles. The molecule has 4 nitrogen and oxygen atoms in total. The summed E-state index contributed by atoms with van der Waals surface area (Å²) in [5.74, 6) is 0.623. The molecular formula is C14H15N3OS. The van der Waals surface area contributed by atoms with Crippen LogP contribution in [0, 0.1) is 5.92 Å². The molecule has 2 aromatic rings. The number of para-hydroxylation sites is 1. The molecule has 5 heteroatoms. The minimum Gasteiger partial charge on any atom is -0.346 e. The Morgan fingerprint density at radius 1 is 1.37 bits per heavy atom. The van der Waals surface area contributed by atoms with Gasteiger partial charge in [-0.25, -0.2) is 4.98 Å². The molecule has 0 spiro atoms. The minimum absolute atomic E-state index is 0.0139. The smallest absolute Gasteiger partial charge is 0.280 e. The van der Waals surface area contributed by atoms with Crippen LogP contribution in [0.5, 0.6) is 0 Å². The number of hydrogen-bond donors (Lipinski definition) is 1. The molecule has 1 aromatic carbocycles. The largest absolute Gasteiger partial charge is 0.346 e. The van der Waals surface area contributed by atoms with Gasteiger partial charge in [0.1, 0.15) is 0 Å². The van der Waals surface area contributed by atoms with E-state index in [4.69, 9.17) is 0 Å². The van der Waals surface area contributed by atoms with Crippen molar-refractivity contribution >= 4 is 27.5 Å². The standard InChI is InChI=1S/C14H15N3OS/c18-13(15-11-8-17-6-5-9(11)7-17)14-16-10-3-1-2-4-12(10)19-14/h1-4,9,11H,5-8H2,(H,15,18). The molecule has 3 atom stereocenters. The Hall–Kier alpha value is -1.46. The lowest BCUT2D eigenvalue weighted by molar-refractivity contribution is 0.0924. The Balaban J connectivity index is 1.53. The Morgan fingerprint density at radius 2 is 2.26 bits per heavy atom. The highest BCUT2D eigenvalue weighted by Crippen LogP contribution is 2.28. The number of benzene rings is 1. The summed E-state index contributed by atoms with van der Waals surface area (Å²) in [5, 5.41) is 3.74. The average Bonchev–Trinajstić information content (AvgIpc) is 3.12. The summed E-state index contributed by atoms with van der Waals surface area (Å²) < 4.78 is 1.07. The number of rotatable bonds is 2. The maximum Gasteiger partial charge on any atom is 0.280 e. The second-order valence-electron chi connectivity index (χ2n) is 5.38. The predicted molar refractivity (Wildman–Crippen MR) is 75.4 cm³/mol. The van der Waals surface area contributed by atoms with Crippen molar-refractivity contribution in [3.05, 3.63) is 29.3 Å². The molecule has 1 amide bonds. The zero-order chi connectivity index (χ0) is 12.8. The van der Waals surface area contributed by atoms with Gasteiger partial charge in [-0.05, 0) is 31.0 Å².